The fraction of sp³-hybridized carbons (Fsp3) is 0.130. The van der Waals surface area contributed by atoms with Crippen LogP contribution in [0.5, 0.6) is 0 Å². The van der Waals surface area contributed by atoms with Gasteiger partial charge in [-0.15, -0.1) is 0 Å². The third kappa shape index (κ3) is 5.90. The molecule has 2 N–H and O–H groups in total. The molecular weight excluding hydrogens is 449 g/mol. The lowest BCUT2D eigenvalue weighted by Crippen LogP contribution is -2.31. The average Bonchev–Trinajstić information content (AvgIpc) is 2.75. The minimum absolute atomic E-state index is 0.247. The zero-order chi connectivity index (χ0) is 21.5. The van der Waals surface area contributed by atoms with Gasteiger partial charge < -0.3 is 15.5 Å². The molecule has 0 spiro atoms. The van der Waals surface area contributed by atoms with Crippen molar-refractivity contribution in [2.45, 2.75) is 13.1 Å². The van der Waals surface area contributed by atoms with Crippen LogP contribution in [0.25, 0.3) is 0 Å². The van der Waals surface area contributed by atoms with E-state index < -0.39 is 0 Å². The predicted molar refractivity (Wildman–Crippen MR) is 119 cm³/mol. The quantitative estimate of drug-likeness (QED) is 0.522. The Bertz CT molecular complexity index is 1020. The molecule has 0 heterocycles. The number of halogens is 2. The lowest BCUT2D eigenvalue weighted by molar-refractivity contribution is 0.0951. The van der Waals surface area contributed by atoms with E-state index in [1.807, 2.05) is 24.3 Å². The Morgan fingerprint density at radius 3 is 2.30 bits per heavy atom. The van der Waals surface area contributed by atoms with Crippen LogP contribution < -0.4 is 10.6 Å². The number of carbonyl (C=O) groups excluding carboxylic acids is 2. The van der Waals surface area contributed by atoms with E-state index in [0.29, 0.717) is 24.3 Å². The van der Waals surface area contributed by atoms with Crippen molar-refractivity contribution < 1.29 is 14.0 Å². The van der Waals surface area contributed by atoms with Crippen molar-refractivity contribution in [1.82, 2.24) is 10.2 Å². The van der Waals surface area contributed by atoms with Crippen molar-refractivity contribution in [3.63, 3.8) is 0 Å². The van der Waals surface area contributed by atoms with E-state index in [4.69, 9.17) is 0 Å². The molecule has 30 heavy (non-hydrogen) atoms. The molecule has 154 valence electrons. The third-order valence-corrected chi connectivity index (χ3v) is 5.25. The molecule has 0 atom stereocenters. The maximum atomic E-state index is 12.9. The molecule has 0 saturated heterocycles. The number of carbonyl (C=O) groups is 2. The number of anilines is 1. The van der Waals surface area contributed by atoms with Crippen LogP contribution in [0.1, 0.15) is 21.5 Å². The van der Waals surface area contributed by atoms with Crippen LogP contribution in [-0.4, -0.2) is 23.9 Å². The fourth-order valence-corrected chi connectivity index (χ4v) is 3.17. The Labute approximate surface area is 183 Å². The zero-order valence-electron chi connectivity index (χ0n) is 16.4. The molecule has 5 nitrogen and oxygen atoms in total. The lowest BCUT2D eigenvalue weighted by Gasteiger charge is -2.19. The minimum Gasteiger partial charge on any atom is -0.348 e. The Kier molecular flexibility index (Phi) is 7.19. The standard InChI is InChI=1S/C23H21BrFN3O2/c1-28(15-18-4-2-3-5-21(18)24)23(30)27-20-12-8-17(9-13-20)22(29)26-14-16-6-10-19(25)11-7-16/h2-13H,14-15H2,1H3,(H,26,29)(H,27,30). The van der Waals surface area contributed by atoms with E-state index in [1.165, 1.54) is 12.1 Å². The molecule has 0 aromatic heterocycles. The van der Waals surface area contributed by atoms with Gasteiger partial charge in [-0.1, -0.05) is 46.3 Å². The van der Waals surface area contributed by atoms with Crippen LogP contribution in [0.3, 0.4) is 0 Å². The summed E-state index contributed by atoms with van der Waals surface area (Å²) >= 11 is 3.48. The number of urea groups is 1. The second kappa shape index (κ2) is 10.0. The molecule has 0 radical (unpaired) electrons. The van der Waals surface area contributed by atoms with Crippen molar-refractivity contribution in [2.24, 2.45) is 0 Å². The van der Waals surface area contributed by atoms with E-state index in [1.54, 1.807) is 48.3 Å². The Morgan fingerprint density at radius 2 is 1.63 bits per heavy atom. The Morgan fingerprint density at radius 1 is 0.967 bits per heavy atom. The number of rotatable bonds is 6. The van der Waals surface area contributed by atoms with Crippen molar-refractivity contribution >= 4 is 33.6 Å². The summed E-state index contributed by atoms with van der Waals surface area (Å²) in [6, 6.07) is 20.1. The predicted octanol–water partition coefficient (Wildman–Crippen LogP) is 5.18. The lowest BCUT2D eigenvalue weighted by atomic mass is 10.1. The Hall–Kier alpha value is -3.19. The van der Waals surface area contributed by atoms with Gasteiger partial charge in [0.2, 0.25) is 0 Å². The molecule has 0 bridgehead atoms. The molecule has 7 heteroatoms. The highest BCUT2D eigenvalue weighted by Crippen LogP contribution is 2.18. The first kappa shape index (κ1) is 21.5. The van der Waals surface area contributed by atoms with Gasteiger partial charge in [0.15, 0.2) is 0 Å². The van der Waals surface area contributed by atoms with Gasteiger partial charge in [0.25, 0.3) is 5.91 Å². The summed E-state index contributed by atoms with van der Waals surface area (Å²) < 4.78 is 13.9. The second-order valence-electron chi connectivity index (χ2n) is 6.76. The molecular formula is C23H21BrFN3O2. The highest BCUT2D eigenvalue weighted by atomic mass is 79.9. The molecule has 0 fully saturated rings. The summed E-state index contributed by atoms with van der Waals surface area (Å²) in [5.41, 5.74) is 2.87. The van der Waals surface area contributed by atoms with Gasteiger partial charge in [0.1, 0.15) is 5.82 Å². The van der Waals surface area contributed by atoms with E-state index in [2.05, 4.69) is 26.6 Å². The monoisotopic (exact) mass is 469 g/mol. The molecule has 0 aliphatic rings. The number of nitrogens with one attached hydrogen (secondary N) is 2. The van der Waals surface area contributed by atoms with Crippen molar-refractivity contribution in [3.8, 4) is 0 Å². The first-order valence-corrected chi connectivity index (χ1v) is 10.1. The first-order chi connectivity index (χ1) is 14.4. The second-order valence-corrected chi connectivity index (χ2v) is 7.62. The fourth-order valence-electron chi connectivity index (χ4n) is 2.76. The summed E-state index contributed by atoms with van der Waals surface area (Å²) in [5.74, 6) is -0.562. The van der Waals surface area contributed by atoms with Crippen molar-refractivity contribution in [3.05, 3.63) is 99.8 Å². The van der Waals surface area contributed by atoms with Crippen LogP contribution >= 0.6 is 15.9 Å². The van der Waals surface area contributed by atoms with Crippen LogP contribution in [0.4, 0.5) is 14.9 Å². The number of hydrogen-bond donors (Lipinski definition) is 2. The molecule has 3 aromatic rings. The molecule has 3 amide bonds. The van der Waals surface area contributed by atoms with E-state index in [9.17, 15) is 14.0 Å². The number of hydrogen-bond acceptors (Lipinski definition) is 2. The van der Waals surface area contributed by atoms with Crippen LogP contribution in [0.15, 0.2) is 77.3 Å². The van der Waals surface area contributed by atoms with Crippen molar-refractivity contribution in [2.75, 3.05) is 12.4 Å². The van der Waals surface area contributed by atoms with Crippen molar-refractivity contribution in [1.29, 1.82) is 0 Å². The van der Waals surface area contributed by atoms with Crippen LogP contribution in [0.2, 0.25) is 0 Å². The van der Waals surface area contributed by atoms with E-state index in [-0.39, 0.29) is 17.8 Å². The zero-order valence-corrected chi connectivity index (χ0v) is 17.9. The highest BCUT2D eigenvalue weighted by molar-refractivity contribution is 9.10. The maximum absolute atomic E-state index is 12.9. The van der Waals surface area contributed by atoms with Gasteiger partial charge in [-0.3, -0.25) is 4.79 Å². The largest absolute Gasteiger partial charge is 0.348 e. The van der Waals surface area contributed by atoms with Crippen LogP contribution in [-0.2, 0) is 13.1 Å². The molecule has 0 unspecified atom stereocenters. The van der Waals surface area contributed by atoms with Gasteiger partial charge in [-0.05, 0) is 53.6 Å². The topological polar surface area (TPSA) is 61.4 Å². The van der Waals surface area contributed by atoms with E-state index in [0.717, 1.165) is 15.6 Å². The Balaban J connectivity index is 1.53. The smallest absolute Gasteiger partial charge is 0.321 e. The molecule has 3 rings (SSSR count). The van der Waals surface area contributed by atoms with Gasteiger partial charge in [0, 0.05) is 35.9 Å². The van der Waals surface area contributed by atoms with Gasteiger partial charge in [0.05, 0.1) is 0 Å². The summed E-state index contributed by atoms with van der Waals surface area (Å²) in [4.78, 5) is 26.3. The summed E-state index contributed by atoms with van der Waals surface area (Å²) in [6.07, 6.45) is 0. The number of nitrogens with zero attached hydrogens (tertiary/aromatic N) is 1. The summed E-state index contributed by atoms with van der Waals surface area (Å²) in [7, 11) is 1.71. The number of benzene rings is 3. The molecule has 3 aromatic carbocycles. The van der Waals surface area contributed by atoms with E-state index >= 15 is 0 Å². The maximum Gasteiger partial charge on any atom is 0.321 e. The molecule has 0 saturated carbocycles. The highest BCUT2D eigenvalue weighted by Gasteiger charge is 2.12. The van der Waals surface area contributed by atoms with Gasteiger partial charge in [-0.2, -0.15) is 0 Å². The third-order valence-electron chi connectivity index (χ3n) is 4.48. The van der Waals surface area contributed by atoms with Gasteiger partial charge in [-0.25, -0.2) is 9.18 Å². The van der Waals surface area contributed by atoms with Gasteiger partial charge >= 0.3 is 6.03 Å². The van der Waals surface area contributed by atoms with Crippen LogP contribution in [0, 0.1) is 5.82 Å². The first-order valence-electron chi connectivity index (χ1n) is 9.30. The molecule has 0 aliphatic heterocycles. The summed E-state index contributed by atoms with van der Waals surface area (Å²) in [6.45, 7) is 0.759. The molecule has 0 aliphatic carbocycles. The average molecular weight is 470 g/mol. The summed E-state index contributed by atoms with van der Waals surface area (Å²) in [5, 5.41) is 5.60. The SMILES string of the molecule is CN(Cc1ccccc1Br)C(=O)Nc1ccc(C(=O)NCc2ccc(F)cc2)cc1. The normalized spacial score (nSPS) is 10.4. The minimum atomic E-state index is -0.315. The number of amides is 3.